The van der Waals surface area contributed by atoms with Crippen LogP contribution < -0.4 is 10.6 Å². The maximum Gasteiger partial charge on any atom is 0.243 e. The molecule has 0 radical (unpaired) electrons. The summed E-state index contributed by atoms with van der Waals surface area (Å²) in [6.45, 7) is 3.57. The molecule has 6 nitrogen and oxygen atoms in total. The fourth-order valence-corrected chi connectivity index (χ4v) is 4.21. The summed E-state index contributed by atoms with van der Waals surface area (Å²) < 4.78 is 26.7. The van der Waals surface area contributed by atoms with Crippen LogP contribution in [0.3, 0.4) is 0 Å². The van der Waals surface area contributed by atoms with Crippen molar-refractivity contribution in [1.29, 1.82) is 0 Å². The number of piperazine rings is 1. The van der Waals surface area contributed by atoms with Gasteiger partial charge in [-0.05, 0) is 30.7 Å². The van der Waals surface area contributed by atoms with Gasteiger partial charge < -0.3 is 10.6 Å². The maximum atomic E-state index is 12.6. The Morgan fingerprint density at radius 1 is 1.35 bits per heavy atom. The Hall–Kier alpha value is -1.44. The number of benzene rings is 1. The number of carbonyl (C=O) groups excluding carboxylic acids is 1. The summed E-state index contributed by atoms with van der Waals surface area (Å²) in [5, 5.41) is 5.93. The predicted molar refractivity (Wildman–Crippen MR) is 75.0 cm³/mol. The second-order valence-corrected chi connectivity index (χ2v) is 7.20. The lowest BCUT2D eigenvalue weighted by Crippen LogP contribution is -2.51. The van der Waals surface area contributed by atoms with Crippen LogP contribution in [-0.4, -0.2) is 44.3 Å². The third-order valence-electron chi connectivity index (χ3n) is 3.67. The zero-order chi connectivity index (χ0) is 14.3. The van der Waals surface area contributed by atoms with Crippen LogP contribution in [0.1, 0.15) is 12.5 Å². The molecule has 7 heteroatoms. The van der Waals surface area contributed by atoms with Crippen LogP contribution in [0.15, 0.2) is 23.1 Å². The molecule has 1 unspecified atom stereocenters. The van der Waals surface area contributed by atoms with Crippen LogP contribution in [0.4, 0.5) is 5.69 Å². The number of nitrogens with zero attached hydrogens (tertiary/aromatic N) is 1. The Balaban J connectivity index is 1.92. The van der Waals surface area contributed by atoms with Crippen LogP contribution >= 0.6 is 0 Å². The van der Waals surface area contributed by atoms with Crippen LogP contribution in [0.2, 0.25) is 0 Å². The molecular weight excluding hydrogens is 278 g/mol. The van der Waals surface area contributed by atoms with Crippen molar-refractivity contribution in [2.24, 2.45) is 0 Å². The fraction of sp³-hybridized carbons (Fsp3) is 0.462. The lowest BCUT2D eigenvalue weighted by Gasteiger charge is -2.31. The number of anilines is 1. The Kier molecular flexibility index (Phi) is 3.27. The zero-order valence-electron chi connectivity index (χ0n) is 11.2. The number of carbonyl (C=O) groups is 1. The van der Waals surface area contributed by atoms with E-state index < -0.39 is 10.0 Å². The second-order valence-electron chi connectivity index (χ2n) is 5.26. The third-order valence-corrected chi connectivity index (χ3v) is 5.53. The molecule has 1 amide bonds. The van der Waals surface area contributed by atoms with Crippen molar-refractivity contribution in [3.8, 4) is 0 Å². The van der Waals surface area contributed by atoms with E-state index >= 15 is 0 Å². The van der Waals surface area contributed by atoms with Crippen molar-refractivity contribution >= 4 is 21.6 Å². The Morgan fingerprint density at radius 2 is 2.15 bits per heavy atom. The molecule has 0 saturated carbocycles. The minimum Gasteiger partial charge on any atom is -0.326 e. The molecule has 2 aliphatic heterocycles. The number of amides is 1. The van der Waals surface area contributed by atoms with Gasteiger partial charge in [0.05, 0.1) is 11.3 Å². The summed E-state index contributed by atoms with van der Waals surface area (Å²) in [6.07, 6.45) is 0.247. The van der Waals surface area contributed by atoms with Gasteiger partial charge in [0.15, 0.2) is 0 Å². The zero-order valence-corrected chi connectivity index (χ0v) is 12.0. The first-order valence-corrected chi connectivity index (χ1v) is 8.07. The van der Waals surface area contributed by atoms with Gasteiger partial charge >= 0.3 is 0 Å². The molecule has 1 fully saturated rings. The topological polar surface area (TPSA) is 78.5 Å². The van der Waals surface area contributed by atoms with E-state index in [0.29, 0.717) is 25.3 Å². The lowest BCUT2D eigenvalue weighted by atomic mass is 10.2. The average Bonchev–Trinajstić information content (AvgIpc) is 2.77. The van der Waals surface area contributed by atoms with E-state index in [4.69, 9.17) is 0 Å². The molecule has 20 heavy (non-hydrogen) atoms. The molecule has 2 heterocycles. The molecule has 0 aromatic heterocycles. The highest BCUT2D eigenvalue weighted by Crippen LogP contribution is 2.27. The van der Waals surface area contributed by atoms with Crippen LogP contribution in [0.25, 0.3) is 0 Å². The molecular formula is C13H17N3O3S. The normalized spacial score (nSPS) is 23.4. The highest BCUT2D eigenvalue weighted by atomic mass is 32.2. The standard InChI is InChI=1S/C13H17N3O3S/c1-9-8-16(5-4-14-9)20(18,19)11-2-3-12-10(6-11)7-13(17)15-12/h2-3,6,9,14H,4-5,7-8H2,1H3,(H,15,17). The van der Waals surface area contributed by atoms with Gasteiger partial charge in [-0.1, -0.05) is 0 Å². The molecule has 0 bridgehead atoms. The molecule has 2 N–H and O–H groups in total. The summed E-state index contributed by atoms with van der Waals surface area (Å²) in [5.41, 5.74) is 1.46. The third kappa shape index (κ3) is 2.32. The average molecular weight is 295 g/mol. The van der Waals surface area contributed by atoms with Gasteiger partial charge in [0, 0.05) is 31.4 Å². The number of hydrogen-bond donors (Lipinski definition) is 2. The molecule has 1 aromatic carbocycles. The Labute approximate surface area is 118 Å². The van der Waals surface area contributed by atoms with E-state index in [1.807, 2.05) is 6.92 Å². The first-order chi connectivity index (χ1) is 9.46. The fourth-order valence-electron chi connectivity index (χ4n) is 2.63. The first-order valence-electron chi connectivity index (χ1n) is 6.63. The van der Waals surface area contributed by atoms with E-state index in [2.05, 4.69) is 10.6 Å². The quantitative estimate of drug-likeness (QED) is 0.815. The molecule has 1 atom stereocenters. The summed E-state index contributed by atoms with van der Waals surface area (Å²) in [4.78, 5) is 11.6. The molecule has 2 aliphatic rings. The van der Waals surface area contributed by atoms with Crippen molar-refractivity contribution in [1.82, 2.24) is 9.62 Å². The summed E-state index contributed by atoms with van der Waals surface area (Å²) in [7, 11) is -3.48. The van der Waals surface area contributed by atoms with Gasteiger partial charge in [-0.25, -0.2) is 8.42 Å². The van der Waals surface area contributed by atoms with Gasteiger partial charge in [0.1, 0.15) is 0 Å². The lowest BCUT2D eigenvalue weighted by molar-refractivity contribution is -0.115. The van der Waals surface area contributed by atoms with Gasteiger partial charge in [-0.3, -0.25) is 4.79 Å². The minimum atomic E-state index is -3.48. The van der Waals surface area contributed by atoms with Crippen molar-refractivity contribution in [2.45, 2.75) is 24.3 Å². The monoisotopic (exact) mass is 295 g/mol. The number of rotatable bonds is 2. The van der Waals surface area contributed by atoms with Crippen molar-refractivity contribution < 1.29 is 13.2 Å². The molecule has 0 spiro atoms. The van der Waals surface area contributed by atoms with Gasteiger partial charge in [-0.15, -0.1) is 0 Å². The summed E-state index contributed by atoms with van der Waals surface area (Å²) in [6, 6.07) is 4.98. The smallest absolute Gasteiger partial charge is 0.243 e. The SMILES string of the molecule is CC1CN(S(=O)(=O)c2ccc3c(c2)CC(=O)N3)CCN1. The van der Waals surface area contributed by atoms with E-state index in [0.717, 1.165) is 5.56 Å². The van der Waals surface area contributed by atoms with Gasteiger partial charge in [0.2, 0.25) is 15.9 Å². The van der Waals surface area contributed by atoms with E-state index in [9.17, 15) is 13.2 Å². The molecule has 108 valence electrons. The molecule has 0 aliphatic carbocycles. The van der Waals surface area contributed by atoms with Crippen molar-refractivity contribution in [3.05, 3.63) is 23.8 Å². The summed E-state index contributed by atoms with van der Waals surface area (Å²) >= 11 is 0. The molecule has 1 aromatic rings. The van der Waals surface area contributed by atoms with Gasteiger partial charge in [-0.2, -0.15) is 4.31 Å². The Bertz CT molecular complexity index is 657. The second kappa shape index (κ2) is 4.83. The number of hydrogen-bond acceptors (Lipinski definition) is 4. The predicted octanol–water partition coefficient (Wildman–Crippen LogP) is 0.164. The highest BCUT2D eigenvalue weighted by molar-refractivity contribution is 7.89. The highest BCUT2D eigenvalue weighted by Gasteiger charge is 2.29. The van der Waals surface area contributed by atoms with Crippen molar-refractivity contribution in [2.75, 3.05) is 25.0 Å². The van der Waals surface area contributed by atoms with E-state index in [1.54, 1.807) is 18.2 Å². The number of sulfonamides is 1. The van der Waals surface area contributed by atoms with Crippen LogP contribution in [0.5, 0.6) is 0 Å². The van der Waals surface area contributed by atoms with Gasteiger partial charge in [0.25, 0.3) is 0 Å². The maximum absolute atomic E-state index is 12.6. The first kappa shape index (κ1) is 13.5. The minimum absolute atomic E-state index is 0.0923. The number of fused-ring (bicyclic) bond motifs is 1. The van der Waals surface area contributed by atoms with Crippen LogP contribution in [-0.2, 0) is 21.2 Å². The largest absolute Gasteiger partial charge is 0.326 e. The molecule has 3 rings (SSSR count). The Morgan fingerprint density at radius 3 is 2.90 bits per heavy atom. The molecule has 1 saturated heterocycles. The summed E-state index contributed by atoms with van der Waals surface area (Å²) in [5.74, 6) is -0.0923. The van der Waals surface area contributed by atoms with E-state index in [-0.39, 0.29) is 23.3 Å². The number of nitrogens with one attached hydrogen (secondary N) is 2. The van der Waals surface area contributed by atoms with Crippen LogP contribution in [0, 0.1) is 0 Å². The van der Waals surface area contributed by atoms with Crippen molar-refractivity contribution in [3.63, 3.8) is 0 Å². The van der Waals surface area contributed by atoms with E-state index in [1.165, 1.54) is 4.31 Å².